The molecule has 114 valence electrons. The zero-order chi connectivity index (χ0) is 15.5. The van der Waals surface area contributed by atoms with Gasteiger partial charge in [0.1, 0.15) is 0 Å². The SMILES string of the molecule is CC1(C)CCCN(c2ccc(Cl)cc2/C=C/C(=O)O)CC1. The third-order valence-electron chi connectivity index (χ3n) is 4.08. The molecule has 1 N–H and O–H groups in total. The minimum atomic E-state index is -0.946. The molecule has 0 aliphatic carbocycles. The molecule has 0 atom stereocenters. The fourth-order valence-electron chi connectivity index (χ4n) is 2.77. The fraction of sp³-hybridized carbons (Fsp3) is 0.471. The first kappa shape index (κ1) is 15.9. The summed E-state index contributed by atoms with van der Waals surface area (Å²) in [5.74, 6) is -0.946. The molecule has 1 heterocycles. The number of aliphatic carboxylic acids is 1. The molecule has 2 rings (SSSR count). The van der Waals surface area contributed by atoms with E-state index in [2.05, 4.69) is 18.7 Å². The van der Waals surface area contributed by atoms with Crippen LogP contribution in [0.4, 0.5) is 5.69 Å². The number of hydrogen-bond acceptors (Lipinski definition) is 2. The average molecular weight is 308 g/mol. The van der Waals surface area contributed by atoms with E-state index in [1.807, 2.05) is 18.2 Å². The van der Waals surface area contributed by atoms with Crippen LogP contribution in [0.2, 0.25) is 5.02 Å². The van der Waals surface area contributed by atoms with Gasteiger partial charge < -0.3 is 10.0 Å². The first-order valence-corrected chi connectivity index (χ1v) is 7.71. The number of carboxylic acids is 1. The Balaban J connectivity index is 2.28. The lowest BCUT2D eigenvalue weighted by Crippen LogP contribution is -2.25. The van der Waals surface area contributed by atoms with Crippen LogP contribution >= 0.6 is 11.6 Å². The molecular formula is C17H22ClNO2. The van der Waals surface area contributed by atoms with E-state index in [-0.39, 0.29) is 0 Å². The molecule has 1 aliphatic rings. The topological polar surface area (TPSA) is 40.5 Å². The van der Waals surface area contributed by atoms with Crippen LogP contribution in [0, 0.1) is 5.41 Å². The molecule has 1 aromatic rings. The number of anilines is 1. The van der Waals surface area contributed by atoms with Gasteiger partial charge in [0.2, 0.25) is 0 Å². The third kappa shape index (κ3) is 4.50. The van der Waals surface area contributed by atoms with Gasteiger partial charge in [-0.25, -0.2) is 4.79 Å². The van der Waals surface area contributed by atoms with Crippen molar-refractivity contribution in [2.24, 2.45) is 5.41 Å². The normalized spacial score (nSPS) is 18.7. The maximum atomic E-state index is 10.8. The summed E-state index contributed by atoms with van der Waals surface area (Å²) in [7, 11) is 0. The predicted molar refractivity (Wildman–Crippen MR) is 88.0 cm³/mol. The minimum absolute atomic E-state index is 0.373. The van der Waals surface area contributed by atoms with E-state index in [0.717, 1.165) is 43.3 Å². The number of carbonyl (C=O) groups is 1. The summed E-state index contributed by atoms with van der Waals surface area (Å²) in [5.41, 5.74) is 2.30. The van der Waals surface area contributed by atoms with Crippen molar-refractivity contribution in [1.82, 2.24) is 0 Å². The zero-order valence-electron chi connectivity index (χ0n) is 12.6. The summed E-state index contributed by atoms with van der Waals surface area (Å²) in [5, 5.41) is 9.45. The predicted octanol–water partition coefficient (Wildman–Crippen LogP) is 4.45. The number of nitrogens with zero attached hydrogens (tertiary/aromatic N) is 1. The van der Waals surface area contributed by atoms with Crippen LogP contribution in [-0.4, -0.2) is 24.2 Å². The average Bonchev–Trinajstić information content (AvgIpc) is 2.57. The number of hydrogen-bond donors (Lipinski definition) is 1. The highest BCUT2D eigenvalue weighted by Gasteiger charge is 2.23. The maximum absolute atomic E-state index is 10.8. The van der Waals surface area contributed by atoms with Gasteiger partial charge in [-0.3, -0.25) is 0 Å². The Hall–Kier alpha value is -1.48. The van der Waals surface area contributed by atoms with E-state index in [0.29, 0.717) is 10.4 Å². The summed E-state index contributed by atoms with van der Waals surface area (Å²) in [6.07, 6.45) is 6.29. The van der Waals surface area contributed by atoms with Gasteiger partial charge >= 0.3 is 5.97 Å². The molecule has 0 unspecified atom stereocenters. The summed E-state index contributed by atoms with van der Waals surface area (Å²) in [6.45, 7) is 6.61. The molecule has 0 bridgehead atoms. The van der Waals surface area contributed by atoms with Crippen LogP contribution in [-0.2, 0) is 4.79 Å². The molecular weight excluding hydrogens is 286 g/mol. The Morgan fingerprint density at radius 2 is 2.10 bits per heavy atom. The highest BCUT2D eigenvalue weighted by molar-refractivity contribution is 6.30. The summed E-state index contributed by atoms with van der Waals surface area (Å²) in [4.78, 5) is 13.1. The van der Waals surface area contributed by atoms with Crippen LogP contribution in [0.3, 0.4) is 0 Å². The molecule has 0 saturated carbocycles. The van der Waals surface area contributed by atoms with E-state index in [4.69, 9.17) is 16.7 Å². The van der Waals surface area contributed by atoms with E-state index in [9.17, 15) is 4.79 Å². The second kappa shape index (κ2) is 6.52. The maximum Gasteiger partial charge on any atom is 0.328 e. The molecule has 3 nitrogen and oxygen atoms in total. The van der Waals surface area contributed by atoms with E-state index < -0.39 is 5.97 Å². The smallest absolute Gasteiger partial charge is 0.328 e. The molecule has 1 aromatic carbocycles. The summed E-state index contributed by atoms with van der Waals surface area (Å²) < 4.78 is 0. The van der Waals surface area contributed by atoms with Crippen molar-refractivity contribution in [3.63, 3.8) is 0 Å². The van der Waals surface area contributed by atoms with Gasteiger partial charge in [0.05, 0.1) is 0 Å². The summed E-state index contributed by atoms with van der Waals surface area (Å²) in [6, 6.07) is 5.68. The van der Waals surface area contributed by atoms with Gasteiger partial charge in [-0.15, -0.1) is 0 Å². The van der Waals surface area contributed by atoms with Crippen LogP contribution in [0.15, 0.2) is 24.3 Å². The second-order valence-electron chi connectivity index (χ2n) is 6.38. The quantitative estimate of drug-likeness (QED) is 0.838. The lowest BCUT2D eigenvalue weighted by molar-refractivity contribution is -0.131. The Labute approximate surface area is 131 Å². The van der Waals surface area contributed by atoms with Crippen molar-refractivity contribution in [3.05, 3.63) is 34.9 Å². The van der Waals surface area contributed by atoms with Crippen molar-refractivity contribution < 1.29 is 9.90 Å². The van der Waals surface area contributed by atoms with Crippen molar-refractivity contribution in [3.8, 4) is 0 Å². The van der Waals surface area contributed by atoms with E-state index in [1.54, 1.807) is 6.08 Å². The van der Waals surface area contributed by atoms with Crippen LogP contribution < -0.4 is 4.90 Å². The molecule has 0 spiro atoms. The van der Waals surface area contributed by atoms with E-state index in [1.165, 1.54) is 6.42 Å². The Morgan fingerprint density at radius 3 is 2.81 bits per heavy atom. The largest absolute Gasteiger partial charge is 0.478 e. The van der Waals surface area contributed by atoms with Crippen LogP contribution in [0.5, 0.6) is 0 Å². The highest BCUT2D eigenvalue weighted by Crippen LogP contribution is 2.33. The number of carboxylic acid groups (broad SMARTS) is 1. The summed E-state index contributed by atoms with van der Waals surface area (Å²) >= 11 is 6.05. The van der Waals surface area contributed by atoms with Crippen molar-refractivity contribution >= 4 is 29.3 Å². The van der Waals surface area contributed by atoms with Gasteiger partial charge in [0.15, 0.2) is 0 Å². The zero-order valence-corrected chi connectivity index (χ0v) is 13.4. The van der Waals surface area contributed by atoms with Crippen molar-refractivity contribution in [2.75, 3.05) is 18.0 Å². The number of halogens is 1. The van der Waals surface area contributed by atoms with Gasteiger partial charge in [0.25, 0.3) is 0 Å². The monoisotopic (exact) mass is 307 g/mol. The number of rotatable bonds is 3. The molecule has 1 fully saturated rings. The van der Waals surface area contributed by atoms with Crippen molar-refractivity contribution in [2.45, 2.75) is 33.1 Å². The van der Waals surface area contributed by atoms with Gasteiger partial charge in [-0.2, -0.15) is 0 Å². The molecule has 0 aromatic heterocycles. The molecule has 4 heteroatoms. The second-order valence-corrected chi connectivity index (χ2v) is 6.82. The van der Waals surface area contributed by atoms with Crippen LogP contribution in [0.1, 0.15) is 38.7 Å². The molecule has 1 saturated heterocycles. The molecule has 0 radical (unpaired) electrons. The first-order chi connectivity index (χ1) is 9.87. The van der Waals surface area contributed by atoms with E-state index >= 15 is 0 Å². The third-order valence-corrected chi connectivity index (χ3v) is 4.31. The highest BCUT2D eigenvalue weighted by atomic mass is 35.5. The van der Waals surface area contributed by atoms with Gasteiger partial charge in [-0.05, 0) is 54.5 Å². The van der Waals surface area contributed by atoms with Crippen LogP contribution in [0.25, 0.3) is 6.08 Å². The molecule has 21 heavy (non-hydrogen) atoms. The first-order valence-electron chi connectivity index (χ1n) is 7.33. The molecule has 1 aliphatic heterocycles. The lowest BCUT2D eigenvalue weighted by atomic mass is 9.85. The fourth-order valence-corrected chi connectivity index (χ4v) is 2.95. The van der Waals surface area contributed by atoms with Gasteiger partial charge in [-0.1, -0.05) is 25.4 Å². The minimum Gasteiger partial charge on any atom is -0.478 e. The molecule has 0 amide bonds. The Morgan fingerprint density at radius 1 is 1.33 bits per heavy atom. The Kier molecular flexibility index (Phi) is 4.94. The van der Waals surface area contributed by atoms with Crippen molar-refractivity contribution in [1.29, 1.82) is 0 Å². The Bertz CT molecular complexity index is 552. The number of benzene rings is 1. The lowest BCUT2D eigenvalue weighted by Gasteiger charge is -2.26. The standard InChI is InChI=1S/C17H22ClNO2/c1-17(2)8-3-10-19(11-9-17)15-6-5-14(18)12-13(15)4-7-16(20)21/h4-7,12H,3,8-11H2,1-2H3,(H,20,21)/b7-4+. The van der Waals surface area contributed by atoms with Gasteiger partial charge in [0, 0.05) is 29.9 Å².